The second-order valence-electron chi connectivity index (χ2n) is 18.0. The van der Waals surface area contributed by atoms with Crippen LogP contribution in [0, 0.1) is 0 Å². The summed E-state index contributed by atoms with van der Waals surface area (Å²) < 4.78 is 56.6. The zero-order chi connectivity index (χ0) is 51.6. The van der Waals surface area contributed by atoms with E-state index >= 15 is 0 Å². The van der Waals surface area contributed by atoms with Crippen LogP contribution >= 0.6 is 15.6 Å². The molecule has 1 aromatic rings. The number of phosphoric acid groups is 2. The van der Waals surface area contributed by atoms with Crippen molar-refractivity contribution in [3.05, 3.63) is 47.1 Å². The van der Waals surface area contributed by atoms with Crippen LogP contribution in [0.3, 0.4) is 0 Å². The Hall–Kier alpha value is -2.84. The lowest BCUT2D eigenvalue weighted by atomic mass is 10.0. The average molecular weight is 1040 g/mol. The first-order valence-corrected chi connectivity index (χ1v) is 28.5. The minimum atomic E-state index is -5.46. The highest BCUT2D eigenvalue weighted by Crippen LogP contribution is 2.60. The van der Waals surface area contributed by atoms with Crippen LogP contribution in [-0.4, -0.2) is 108 Å². The summed E-state index contributed by atoms with van der Waals surface area (Å²) in [5.41, 5.74) is 4.57. The van der Waals surface area contributed by atoms with Crippen molar-refractivity contribution in [2.45, 2.75) is 224 Å². The number of allylic oxidation sites excluding steroid dienone is 3. The van der Waals surface area contributed by atoms with Crippen molar-refractivity contribution >= 4 is 33.4 Å². The second kappa shape index (κ2) is 37.0. The lowest BCUT2D eigenvalue weighted by molar-refractivity contribution is -0.161. The number of aliphatic hydroxyl groups excluding tert-OH is 4. The van der Waals surface area contributed by atoms with Crippen molar-refractivity contribution in [3.63, 3.8) is 0 Å². The van der Waals surface area contributed by atoms with E-state index in [1.54, 1.807) is 0 Å². The summed E-state index contributed by atoms with van der Waals surface area (Å²) in [6, 6.07) is 1.24. The Labute approximate surface area is 414 Å². The van der Waals surface area contributed by atoms with Crippen LogP contribution in [0.25, 0.3) is 0 Å². The molecule has 9 atom stereocenters. The molecule has 8 N–H and O–H groups in total. The van der Waals surface area contributed by atoms with E-state index < -0.39 is 95.9 Å². The normalized spacial score (nSPS) is 20.3. The van der Waals surface area contributed by atoms with Crippen LogP contribution < -0.4 is 11.4 Å². The molecule has 0 aromatic carbocycles. The van der Waals surface area contributed by atoms with E-state index in [1.807, 2.05) is 12.2 Å². The van der Waals surface area contributed by atoms with Crippen molar-refractivity contribution in [2.75, 3.05) is 25.6 Å². The number of hydrogen-bond acceptors (Lipinski definition) is 17. The van der Waals surface area contributed by atoms with Crippen molar-refractivity contribution in [1.82, 2.24) is 9.55 Å². The highest BCUT2D eigenvalue weighted by atomic mass is 31.3. The van der Waals surface area contributed by atoms with Gasteiger partial charge in [0, 0.05) is 19.0 Å². The summed E-state index contributed by atoms with van der Waals surface area (Å²) in [4.78, 5) is 61.9. The Bertz CT molecular complexity index is 1800. The smallest absolute Gasteiger partial charge is 0.462 e. The van der Waals surface area contributed by atoms with Crippen LogP contribution in [0.2, 0.25) is 0 Å². The summed E-state index contributed by atoms with van der Waals surface area (Å²) in [5, 5.41) is 41.5. The number of carbonyl (C=O) groups is 2. The molecule has 0 spiro atoms. The van der Waals surface area contributed by atoms with Crippen molar-refractivity contribution in [1.29, 1.82) is 0 Å². The molecular weight excluding hydrogens is 952 g/mol. The third-order valence-electron chi connectivity index (χ3n) is 11.7. The van der Waals surface area contributed by atoms with E-state index in [0.717, 1.165) is 87.8 Å². The van der Waals surface area contributed by atoms with Gasteiger partial charge in [0.05, 0.1) is 25.4 Å². The fourth-order valence-electron chi connectivity index (χ4n) is 7.57. The molecule has 0 saturated carbocycles. The summed E-state index contributed by atoms with van der Waals surface area (Å²) in [7, 11) is -10.9. The van der Waals surface area contributed by atoms with Crippen molar-refractivity contribution in [3.8, 4) is 0 Å². The first-order valence-electron chi connectivity index (χ1n) is 25.5. The standard InChI is InChI=1S/C48H85N3O17P2/c1-3-5-7-9-11-12-13-14-15-16-17-18-19-23-27-31-43(54)63-35-38(66-44(55)32-28-24-20-22-26-30-40(53)39(52)29-25-21-10-8-6-4-2)36-64-69(59,60)68-70(61,62)65-37-41-45(56)46(57)47(67-41)51-34-33-42(49)50-48(51)58/h14-15,21,25,33-34,38-41,45-47,52-53,56-57H,3-13,16-20,22-24,26-32,35-37H2,1-2H3,(H,59,60)(H,61,62)(H2,49,50,58)/b15-14-,25-21-/t38-,39+,40+,41-,45-,46-,47-/m1/s1. The zero-order valence-corrected chi connectivity index (χ0v) is 43.3. The maximum atomic E-state index is 12.9. The maximum Gasteiger partial charge on any atom is 0.481 e. The molecule has 22 heteroatoms. The van der Waals surface area contributed by atoms with Gasteiger partial charge < -0.3 is 50.2 Å². The summed E-state index contributed by atoms with van der Waals surface area (Å²) in [6.45, 7) is 1.94. The number of nitrogen functional groups attached to an aromatic ring is 1. The van der Waals surface area contributed by atoms with Gasteiger partial charge in [-0.2, -0.15) is 9.29 Å². The molecule has 20 nitrogen and oxygen atoms in total. The summed E-state index contributed by atoms with van der Waals surface area (Å²) >= 11 is 0. The topological polar surface area (TPSA) is 306 Å². The molecule has 0 radical (unpaired) electrons. The van der Waals surface area contributed by atoms with Gasteiger partial charge in [-0.1, -0.05) is 128 Å². The Kier molecular flexibility index (Phi) is 33.4. The van der Waals surface area contributed by atoms with E-state index in [-0.39, 0.29) is 18.7 Å². The van der Waals surface area contributed by atoms with E-state index in [1.165, 1.54) is 44.6 Å². The molecule has 70 heavy (non-hydrogen) atoms. The lowest BCUT2D eigenvalue weighted by Crippen LogP contribution is -2.36. The average Bonchev–Trinajstić information content (AvgIpc) is 3.59. The Morgan fingerprint density at radius 1 is 0.729 bits per heavy atom. The maximum absolute atomic E-state index is 12.9. The lowest BCUT2D eigenvalue weighted by Gasteiger charge is -2.21. The number of aliphatic hydroxyl groups is 4. The highest BCUT2D eigenvalue weighted by Gasteiger charge is 2.46. The van der Waals surface area contributed by atoms with Gasteiger partial charge in [0.2, 0.25) is 0 Å². The first-order chi connectivity index (χ1) is 33.5. The summed E-state index contributed by atoms with van der Waals surface area (Å²) in [6.07, 6.45) is 22.7. The van der Waals surface area contributed by atoms with E-state index in [4.69, 9.17) is 29.0 Å². The molecule has 0 aliphatic carbocycles. The van der Waals surface area contributed by atoms with Gasteiger partial charge >= 0.3 is 33.3 Å². The van der Waals surface area contributed by atoms with Gasteiger partial charge in [-0.05, 0) is 70.3 Å². The predicted molar refractivity (Wildman–Crippen MR) is 264 cm³/mol. The molecule has 2 rings (SSSR count). The van der Waals surface area contributed by atoms with Gasteiger partial charge in [0.1, 0.15) is 30.7 Å². The molecule has 1 saturated heterocycles. The van der Waals surface area contributed by atoms with Crippen LogP contribution in [-0.2, 0) is 46.3 Å². The van der Waals surface area contributed by atoms with Gasteiger partial charge in [-0.15, -0.1) is 0 Å². The van der Waals surface area contributed by atoms with Gasteiger partial charge in [-0.25, -0.2) is 13.9 Å². The van der Waals surface area contributed by atoms with E-state index in [0.29, 0.717) is 38.5 Å². The van der Waals surface area contributed by atoms with Crippen LogP contribution in [0.15, 0.2) is 41.4 Å². The van der Waals surface area contributed by atoms with Crippen molar-refractivity contribution < 1.29 is 76.5 Å². The number of hydrogen-bond donors (Lipinski definition) is 7. The monoisotopic (exact) mass is 1040 g/mol. The van der Waals surface area contributed by atoms with Crippen LogP contribution in [0.5, 0.6) is 0 Å². The molecule has 1 fully saturated rings. The second-order valence-corrected chi connectivity index (χ2v) is 21.0. The van der Waals surface area contributed by atoms with Crippen LogP contribution in [0.1, 0.15) is 187 Å². The van der Waals surface area contributed by atoms with Gasteiger partial charge in [0.25, 0.3) is 0 Å². The molecule has 1 aliphatic rings. The fraction of sp³-hybridized carbons (Fsp3) is 0.792. The molecule has 1 aliphatic heterocycles. The number of ether oxygens (including phenoxy) is 3. The molecule has 0 amide bonds. The number of aromatic nitrogens is 2. The number of phosphoric ester groups is 2. The fourth-order valence-corrected chi connectivity index (χ4v) is 9.68. The Balaban J connectivity index is 1.84. The third kappa shape index (κ3) is 29.0. The quantitative estimate of drug-likeness (QED) is 0.0140. The molecule has 404 valence electrons. The number of esters is 2. The zero-order valence-electron chi connectivity index (χ0n) is 41.6. The molecule has 0 bridgehead atoms. The minimum Gasteiger partial charge on any atom is -0.462 e. The van der Waals surface area contributed by atoms with Gasteiger partial charge in [0.15, 0.2) is 12.3 Å². The number of anilines is 1. The SMILES string of the molecule is CCCCC/C=C\C[C@H](O)[C@@H](O)CCCCCCCC(=O)O[C@H](COC(=O)CCCCCCC/C=C\CCCCCCCC)COP(=O)(O)OP(=O)(O)OC[C@H]1O[C@@H](n2ccc(N)nc2=O)[C@H](O)[C@@H]1O. The molecule has 2 unspecified atom stereocenters. The molecular formula is C48H85N3O17P2. The largest absolute Gasteiger partial charge is 0.481 e. The van der Waals surface area contributed by atoms with E-state index in [2.05, 4.69) is 35.3 Å². The van der Waals surface area contributed by atoms with Crippen molar-refractivity contribution in [2.24, 2.45) is 0 Å². The summed E-state index contributed by atoms with van der Waals surface area (Å²) in [5.74, 6) is -1.42. The number of unbranched alkanes of at least 4 members (excludes halogenated alkanes) is 18. The first kappa shape index (κ1) is 63.3. The number of rotatable bonds is 42. The Morgan fingerprint density at radius 3 is 1.89 bits per heavy atom. The Morgan fingerprint density at radius 2 is 1.26 bits per heavy atom. The molecule has 2 heterocycles. The minimum absolute atomic E-state index is 0.0492. The third-order valence-corrected chi connectivity index (χ3v) is 14.3. The predicted octanol–water partition coefficient (Wildman–Crippen LogP) is 8.17. The van der Waals surface area contributed by atoms with Gasteiger partial charge in [-0.3, -0.25) is 23.2 Å². The highest BCUT2D eigenvalue weighted by molar-refractivity contribution is 7.61. The number of nitrogens with two attached hydrogens (primary N) is 1. The number of nitrogens with zero attached hydrogens (tertiary/aromatic N) is 2. The van der Waals surface area contributed by atoms with E-state index in [9.17, 15) is 53.7 Å². The molecule has 1 aromatic heterocycles. The number of carbonyl (C=O) groups excluding carboxylic acids is 2. The van der Waals surface area contributed by atoms with Crippen LogP contribution in [0.4, 0.5) is 5.82 Å².